The summed E-state index contributed by atoms with van der Waals surface area (Å²) in [5.41, 5.74) is 2.40. The standard InChI is InChI=1S/C27H25ClN4O5S/c1-3-37-27(34)18-8-10-19(11-9-18)31-24(29-23-7-5-4-6-22(23)26(31)33)13-12-21-17(2)30-32(25(21)28)20-14-15-38(35,36)16-20/h4-13,20H,3,14-16H2,1-2H3. The maximum absolute atomic E-state index is 13.6. The molecule has 9 nitrogen and oxygen atoms in total. The molecule has 1 fully saturated rings. The van der Waals surface area contributed by atoms with Crippen molar-refractivity contribution in [2.24, 2.45) is 0 Å². The summed E-state index contributed by atoms with van der Waals surface area (Å²) >= 11 is 6.65. The Hall–Kier alpha value is -3.76. The summed E-state index contributed by atoms with van der Waals surface area (Å²) in [5, 5.41) is 5.27. The number of fused-ring (bicyclic) bond motifs is 1. The highest BCUT2D eigenvalue weighted by molar-refractivity contribution is 7.91. The fraction of sp³-hybridized carbons (Fsp3) is 0.259. The van der Waals surface area contributed by atoms with Crippen molar-refractivity contribution < 1.29 is 17.9 Å². The number of para-hydroxylation sites is 1. The number of rotatable bonds is 6. The molecule has 4 aromatic rings. The molecule has 11 heteroatoms. The Kier molecular flexibility index (Phi) is 6.93. The van der Waals surface area contributed by atoms with Crippen molar-refractivity contribution in [2.75, 3.05) is 18.1 Å². The topological polar surface area (TPSA) is 113 Å². The van der Waals surface area contributed by atoms with Crippen LogP contribution in [-0.2, 0) is 14.6 Å². The van der Waals surface area contributed by atoms with Crippen molar-refractivity contribution in [2.45, 2.75) is 26.3 Å². The van der Waals surface area contributed by atoms with Gasteiger partial charge in [0, 0.05) is 5.56 Å². The van der Waals surface area contributed by atoms with Crippen molar-refractivity contribution in [1.82, 2.24) is 19.3 Å². The second kappa shape index (κ2) is 10.2. The summed E-state index contributed by atoms with van der Waals surface area (Å²) in [5.74, 6) is 0.0230. The number of nitrogens with zero attached hydrogens (tertiary/aromatic N) is 4. The molecule has 0 saturated carbocycles. The van der Waals surface area contributed by atoms with E-state index in [1.165, 1.54) is 4.57 Å². The number of ether oxygens (including phenoxy) is 1. The van der Waals surface area contributed by atoms with E-state index < -0.39 is 15.8 Å². The number of aromatic nitrogens is 4. The molecule has 0 spiro atoms. The van der Waals surface area contributed by atoms with E-state index in [0.717, 1.165) is 0 Å². The van der Waals surface area contributed by atoms with Crippen LogP contribution in [0, 0.1) is 6.92 Å². The number of carbonyl (C=O) groups is 1. The van der Waals surface area contributed by atoms with Crippen LogP contribution in [0.25, 0.3) is 28.7 Å². The Balaban J connectivity index is 1.58. The number of halogens is 1. The van der Waals surface area contributed by atoms with Crippen LogP contribution in [-0.4, -0.2) is 51.8 Å². The minimum absolute atomic E-state index is 0.00452. The monoisotopic (exact) mass is 552 g/mol. The molecule has 2 aromatic carbocycles. The first-order chi connectivity index (χ1) is 18.2. The maximum Gasteiger partial charge on any atom is 0.338 e. The highest BCUT2D eigenvalue weighted by atomic mass is 35.5. The van der Waals surface area contributed by atoms with E-state index in [1.807, 2.05) is 0 Å². The summed E-state index contributed by atoms with van der Waals surface area (Å²) in [7, 11) is -3.11. The lowest BCUT2D eigenvalue weighted by Gasteiger charge is -2.12. The van der Waals surface area contributed by atoms with Crippen LogP contribution in [0.5, 0.6) is 0 Å². The van der Waals surface area contributed by atoms with E-state index >= 15 is 0 Å². The average molecular weight is 553 g/mol. The molecule has 1 unspecified atom stereocenters. The minimum Gasteiger partial charge on any atom is -0.462 e. The third kappa shape index (κ3) is 4.89. The highest BCUT2D eigenvalue weighted by Crippen LogP contribution is 2.31. The zero-order chi connectivity index (χ0) is 27.0. The van der Waals surface area contributed by atoms with Gasteiger partial charge in [-0.3, -0.25) is 9.36 Å². The van der Waals surface area contributed by atoms with Crippen molar-refractivity contribution in [3.05, 3.63) is 86.7 Å². The second-order valence-corrected chi connectivity index (χ2v) is 11.6. The lowest BCUT2D eigenvalue weighted by Crippen LogP contribution is -2.22. The molecule has 1 saturated heterocycles. The molecule has 1 aliphatic heterocycles. The molecule has 0 amide bonds. The Bertz CT molecular complexity index is 1740. The smallest absolute Gasteiger partial charge is 0.338 e. The third-order valence-electron chi connectivity index (χ3n) is 6.46. The van der Waals surface area contributed by atoms with Gasteiger partial charge in [-0.05, 0) is 68.8 Å². The summed E-state index contributed by atoms with van der Waals surface area (Å²) in [6.07, 6.45) is 3.86. The van der Waals surface area contributed by atoms with Gasteiger partial charge in [-0.1, -0.05) is 23.7 Å². The summed E-state index contributed by atoms with van der Waals surface area (Å²) in [4.78, 5) is 30.4. The molecule has 196 valence electrons. The lowest BCUT2D eigenvalue weighted by atomic mass is 10.2. The van der Waals surface area contributed by atoms with Crippen LogP contribution in [0.4, 0.5) is 0 Å². The van der Waals surface area contributed by atoms with Crippen LogP contribution >= 0.6 is 11.6 Å². The summed E-state index contributed by atoms with van der Waals surface area (Å²) in [6.45, 7) is 3.79. The van der Waals surface area contributed by atoms with Gasteiger partial charge in [-0.2, -0.15) is 5.10 Å². The molecular weight excluding hydrogens is 528 g/mol. The number of esters is 1. The highest BCUT2D eigenvalue weighted by Gasteiger charge is 2.31. The van der Waals surface area contributed by atoms with E-state index in [0.29, 0.717) is 50.8 Å². The molecule has 38 heavy (non-hydrogen) atoms. The Morgan fingerprint density at radius 3 is 2.58 bits per heavy atom. The number of carbonyl (C=O) groups excluding carboxylic acids is 1. The average Bonchev–Trinajstić information content (AvgIpc) is 3.40. The Morgan fingerprint density at radius 2 is 1.89 bits per heavy atom. The molecule has 2 aromatic heterocycles. The predicted octanol–water partition coefficient (Wildman–Crippen LogP) is 4.25. The fourth-order valence-electron chi connectivity index (χ4n) is 4.56. The predicted molar refractivity (Wildman–Crippen MR) is 147 cm³/mol. The minimum atomic E-state index is -3.11. The summed E-state index contributed by atoms with van der Waals surface area (Å²) in [6, 6.07) is 13.3. The van der Waals surface area contributed by atoms with E-state index in [2.05, 4.69) is 5.10 Å². The zero-order valence-electron chi connectivity index (χ0n) is 20.8. The van der Waals surface area contributed by atoms with Gasteiger partial charge in [-0.15, -0.1) is 0 Å². The van der Waals surface area contributed by atoms with Crippen LogP contribution < -0.4 is 5.56 Å². The van der Waals surface area contributed by atoms with Gasteiger partial charge in [0.25, 0.3) is 5.56 Å². The van der Waals surface area contributed by atoms with Crippen LogP contribution in [0.3, 0.4) is 0 Å². The first-order valence-electron chi connectivity index (χ1n) is 12.1. The van der Waals surface area contributed by atoms with E-state index in [-0.39, 0.29) is 29.7 Å². The van der Waals surface area contributed by atoms with Crippen molar-refractivity contribution in [3.63, 3.8) is 0 Å². The molecule has 1 aliphatic rings. The van der Waals surface area contributed by atoms with Crippen LogP contribution in [0.15, 0.2) is 53.3 Å². The van der Waals surface area contributed by atoms with E-state index in [9.17, 15) is 18.0 Å². The molecule has 0 N–H and O–H groups in total. The normalized spacial score (nSPS) is 16.9. The fourth-order valence-corrected chi connectivity index (χ4v) is 6.63. The third-order valence-corrected chi connectivity index (χ3v) is 8.59. The Morgan fingerprint density at radius 1 is 1.16 bits per heavy atom. The summed E-state index contributed by atoms with van der Waals surface area (Å²) < 4.78 is 32.0. The van der Waals surface area contributed by atoms with Gasteiger partial charge in [0.1, 0.15) is 11.0 Å². The molecule has 5 rings (SSSR count). The number of benzene rings is 2. The molecule has 0 aliphatic carbocycles. The molecule has 0 radical (unpaired) electrons. The second-order valence-electron chi connectivity index (χ2n) is 9.02. The number of hydrogen-bond acceptors (Lipinski definition) is 7. The van der Waals surface area contributed by atoms with Crippen molar-refractivity contribution >= 4 is 50.5 Å². The number of aryl methyl sites for hydroxylation is 1. The first-order valence-corrected chi connectivity index (χ1v) is 14.3. The van der Waals surface area contributed by atoms with Gasteiger partial charge in [0.2, 0.25) is 0 Å². The van der Waals surface area contributed by atoms with Crippen molar-refractivity contribution in [1.29, 1.82) is 0 Å². The van der Waals surface area contributed by atoms with E-state index in [4.69, 9.17) is 21.3 Å². The maximum atomic E-state index is 13.6. The lowest BCUT2D eigenvalue weighted by molar-refractivity contribution is 0.0526. The van der Waals surface area contributed by atoms with Gasteiger partial charge >= 0.3 is 5.97 Å². The Labute approximate surface area is 224 Å². The van der Waals surface area contributed by atoms with Gasteiger partial charge < -0.3 is 4.74 Å². The molecule has 1 atom stereocenters. The number of sulfone groups is 1. The van der Waals surface area contributed by atoms with Crippen LogP contribution in [0.1, 0.15) is 46.8 Å². The van der Waals surface area contributed by atoms with E-state index in [1.54, 1.807) is 79.2 Å². The quantitative estimate of drug-likeness (QED) is 0.328. The van der Waals surface area contributed by atoms with Gasteiger partial charge in [0.05, 0.1) is 52.0 Å². The van der Waals surface area contributed by atoms with Gasteiger partial charge in [-0.25, -0.2) is 22.9 Å². The van der Waals surface area contributed by atoms with Crippen molar-refractivity contribution in [3.8, 4) is 5.69 Å². The largest absolute Gasteiger partial charge is 0.462 e. The molecule has 3 heterocycles. The molecular formula is C27H25ClN4O5S. The SMILES string of the molecule is CCOC(=O)c1ccc(-n2c(C=Cc3c(C)nn(C4CCS(=O)(=O)C4)c3Cl)nc3ccccc3c2=O)cc1. The molecule has 0 bridgehead atoms. The van der Waals surface area contributed by atoms with Gasteiger partial charge in [0.15, 0.2) is 9.84 Å². The first kappa shape index (κ1) is 25.9. The zero-order valence-corrected chi connectivity index (χ0v) is 22.4. The van der Waals surface area contributed by atoms with Crippen LogP contribution in [0.2, 0.25) is 5.15 Å². The number of hydrogen-bond donors (Lipinski definition) is 0.